The van der Waals surface area contributed by atoms with E-state index in [4.69, 9.17) is 4.74 Å². The number of fused-ring (bicyclic) bond motifs is 1. The van der Waals surface area contributed by atoms with Gasteiger partial charge in [0.25, 0.3) is 0 Å². The highest BCUT2D eigenvalue weighted by Crippen LogP contribution is 2.45. The summed E-state index contributed by atoms with van der Waals surface area (Å²) in [4.78, 5) is 2.19. The van der Waals surface area contributed by atoms with Gasteiger partial charge in [-0.15, -0.1) is 0 Å². The lowest BCUT2D eigenvalue weighted by molar-refractivity contribution is -0.0901. The quantitative estimate of drug-likeness (QED) is 0.931. The summed E-state index contributed by atoms with van der Waals surface area (Å²) in [6, 6.07) is 4.41. The number of alkyl halides is 2. The predicted octanol–water partition coefficient (Wildman–Crippen LogP) is 2.96. The van der Waals surface area contributed by atoms with Crippen molar-refractivity contribution >= 4 is 0 Å². The van der Waals surface area contributed by atoms with Gasteiger partial charge in [-0.05, 0) is 58.0 Å². The molecule has 0 aliphatic carbocycles. The summed E-state index contributed by atoms with van der Waals surface area (Å²) < 4.78 is 35.2. The Morgan fingerprint density at radius 1 is 1.32 bits per heavy atom. The Morgan fingerprint density at radius 3 is 2.64 bits per heavy atom. The van der Waals surface area contributed by atoms with Crippen LogP contribution in [0.25, 0.3) is 0 Å². The molecule has 0 bridgehead atoms. The molecule has 0 radical (unpaired) electrons. The molecule has 0 amide bonds. The molecule has 22 heavy (non-hydrogen) atoms. The third kappa shape index (κ3) is 2.77. The lowest BCUT2D eigenvalue weighted by atomic mass is 9.85. The lowest BCUT2D eigenvalue weighted by Gasteiger charge is -2.45. The van der Waals surface area contributed by atoms with Crippen LogP contribution in [0.2, 0.25) is 0 Å². The summed E-state index contributed by atoms with van der Waals surface area (Å²) in [5.74, 6) is 0.710. The van der Waals surface area contributed by atoms with Gasteiger partial charge in [0.05, 0.1) is 6.04 Å². The monoisotopic (exact) mass is 313 g/mol. The summed E-state index contributed by atoms with van der Waals surface area (Å²) in [5.41, 5.74) is -0.0161. The molecule has 1 N–H and O–H groups in total. The summed E-state index contributed by atoms with van der Waals surface area (Å²) in [7, 11) is 0. The van der Waals surface area contributed by atoms with Crippen molar-refractivity contribution in [3.05, 3.63) is 23.8 Å². The standard InChI is InChI=1S/C16H21F2NO3/c1-16(2)14(20)13(19-7-3-4-8-19)11-9-10(21-15(17)18)5-6-12(11)22-16/h5-6,9,13-15,20H,3-4,7-8H2,1-2H3. The fourth-order valence-corrected chi connectivity index (χ4v) is 3.34. The van der Waals surface area contributed by atoms with E-state index in [1.807, 2.05) is 13.8 Å². The first-order valence-electron chi connectivity index (χ1n) is 7.58. The highest BCUT2D eigenvalue weighted by atomic mass is 19.3. The van der Waals surface area contributed by atoms with Gasteiger partial charge in [0.2, 0.25) is 0 Å². The van der Waals surface area contributed by atoms with Crippen molar-refractivity contribution in [2.45, 2.75) is 51.0 Å². The molecular formula is C16H21F2NO3. The molecule has 2 unspecified atom stereocenters. The fourth-order valence-electron chi connectivity index (χ4n) is 3.34. The minimum Gasteiger partial charge on any atom is -0.485 e. The minimum absolute atomic E-state index is 0.0912. The summed E-state index contributed by atoms with van der Waals surface area (Å²) >= 11 is 0. The van der Waals surface area contributed by atoms with Crippen LogP contribution in [0.5, 0.6) is 11.5 Å². The summed E-state index contributed by atoms with van der Waals surface area (Å²) in [5, 5.41) is 10.7. The van der Waals surface area contributed by atoms with Crippen LogP contribution in [0.15, 0.2) is 18.2 Å². The maximum atomic E-state index is 12.4. The van der Waals surface area contributed by atoms with Gasteiger partial charge in [-0.3, -0.25) is 4.90 Å². The average Bonchev–Trinajstić information content (AvgIpc) is 2.93. The molecule has 0 saturated carbocycles. The number of hydrogen-bond acceptors (Lipinski definition) is 4. The Labute approximate surface area is 128 Å². The maximum Gasteiger partial charge on any atom is 0.387 e. The smallest absolute Gasteiger partial charge is 0.387 e. The summed E-state index contributed by atoms with van der Waals surface area (Å²) in [6.45, 7) is 2.59. The molecule has 1 saturated heterocycles. The third-order valence-electron chi connectivity index (χ3n) is 4.44. The molecule has 2 aliphatic heterocycles. The normalized spacial score (nSPS) is 27.5. The molecule has 3 rings (SSSR count). The number of benzene rings is 1. The number of halogens is 2. The van der Waals surface area contributed by atoms with Crippen molar-refractivity contribution in [1.82, 2.24) is 4.90 Å². The van der Waals surface area contributed by atoms with E-state index >= 15 is 0 Å². The zero-order valence-electron chi connectivity index (χ0n) is 12.8. The molecular weight excluding hydrogens is 292 g/mol. The van der Waals surface area contributed by atoms with E-state index in [-0.39, 0.29) is 11.8 Å². The molecule has 2 heterocycles. The van der Waals surface area contributed by atoms with Crippen LogP contribution in [-0.4, -0.2) is 41.4 Å². The van der Waals surface area contributed by atoms with Crippen molar-refractivity contribution in [2.75, 3.05) is 13.1 Å². The van der Waals surface area contributed by atoms with Gasteiger partial charge in [-0.2, -0.15) is 8.78 Å². The molecule has 2 atom stereocenters. The molecule has 1 aromatic carbocycles. The van der Waals surface area contributed by atoms with Crippen molar-refractivity contribution in [3.8, 4) is 11.5 Å². The largest absolute Gasteiger partial charge is 0.485 e. The zero-order chi connectivity index (χ0) is 15.9. The highest BCUT2D eigenvalue weighted by Gasteiger charge is 2.45. The first-order chi connectivity index (χ1) is 10.4. The zero-order valence-corrected chi connectivity index (χ0v) is 12.8. The van der Waals surface area contributed by atoms with Crippen molar-refractivity contribution in [1.29, 1.82) is 0 Å². The van der Waals surface area contributed by atoms with Crippen LogP contribution in [0, 0.1) is 0 Å². The third-order valence-corrected chi connectivity index (χ3v) is 4.44. The molecule has 122 valence electrons. The Kier molecular flexibility index (Phi) is 3.99. The number of nitrogens with zero attached hydrogens (tertiary/aromatic N) is 1. The van der Waals surface area contributed by atoms with Crippen LogP contribution in [0.1, 0.15) is 38.3 Å². The van der Waals surface area contributed by atoms with E-state index in [1.165, 1.54) is 6.07 Å². The van der Waals surface area contributed by atoms with Gasteiger partial charge in [-0.1, -0.05) is 0 Å². The number of aliphatic hydroxyl groups excluding tert-OH is 1. The second-order valence-electron chi connectivity index (χ2n) is 6.42. The topological polar surface area (TPSA) is 41.9 Å². The lowest BCUT2D eigenvalue weighted by Crippen LogP contribution is -2.53. The Hall–Kier alpha value is -1.40. The van der Waals surface area contributed by atoms with Crippen molar-refractivity contribution in [3.63, 3.8) is 0 Å². The number of ether oxygens (including phenoxy) is 2. The molecule has 6 heteroatoms. The Bertz CT molecular complexity index is 544. The molecule has 1 fully saturated rings. The van der Waals surface area contributed by atoms with Crippen LogP contribution in [-0.2, 0) is 0 Å². The highest BCUT2D eigenvalue weighted by molar-refractivity contribution is 5.45. The van der Waals surface area contributed by atoms with E-state index in [2.05, 4.69) is 9.64 Å². The SMILES string of the molecule is CC1(C)Oc2ccc(OC(F)F)cc2C(N2CCCC2)C1O. The number of hydrogen-bond donors (Lipinski definition) is 1. The number of likely N-dealkylation sites (tertiary alicyclic amines) is 1. The van der Waals surface area contributed by atoms with Gasteiger partial charge >= 0.3 is 6.61 Å². The first-order valence-corrected chi connectivity index (χ1v) is 7.58. The second kappa shape index (κ2) is 5.66. The Morgan fingerprint density at radius 2 is 2.00 bits per heavy atom. The molecule has 0 spiro atoms. The van der Waals surface area contributed by atoms with Gasteiger partial charge in [0.1, 0.15) is 23.2 Å². The molecule has 4 nitrogen and oxygen atoms in total. The number of aliphatic hydroxyl groups is 1. The van der Waals surface area contributed by atoms with Crippen molar-refractivity contribution < 1.29 is 23.4 Å². The van der Waals surface area contributed by atoms with Crippen molar-refractivity contribution in [2.24, 2.45) is 0 Å². The van der Waals surface area contributed by atoms with Gasteiger partial charge < -0.3 is 14.6 Å². The van der Waals surface area contributed by atoms with Gasteiger partial charge in [-0.25, -0.2) is 0 Å². The van der Waals surface area contributed by atoms with Gasteiger partial charge in [0.15, 0.2) is 0 Å². The van der Waals surface area contributed by atoms with E-state index in [9.17, 15) is 13.9 Å². The molecule has 1 aromatic rings. The molecule has 0 aromatic heterocycles. The Balaban J connectivity index is 2.00. The minimum atomic E-state index is -2.87. The molecule has 2 aliphatic rings. The van der Waals surface area contributed by atoms with E-state index in [0.29, 0.717) is 11.3 Å². The summed E-state index contributed by atoms with van der Waals surface area (Å²) in [6.07, 6.45) is 1.42. The van der Waals surface area contributed by atoms with Crippen LogP contribution < -0.4 is 9.47 Å². The second-order valence-corrected chi connectivity index (χ2v) is 6.42. The van der Waals surface area contributed by atoms with E-state index < -0.39 is 18.3 Å². The van der Waals surface area contributed by atoms with Crippen LogP contribution in [0.4, 0.5) is 8.78 Å². The van der Waals surface area contributed by atoms with Crippen LogP contribution in [0.3, 0.4) is 0 Å². The van der Waals surface area contributed by atoms with Crippen LogP contribution >= 0.6 is 0 Å². The van der Waals surface area contributed by atoms with E-state index in [0.717, 1.165) is 25.9 Å². The first kappa shape index (κ1) is 15.5. The average molecular weight is 313 g/mol. The number of rotatable bonds is 3. The van der Waals surface area contributed by atoms with Gasteiger partial charge in [0, 0.05) is 5.56 Å². The fraction of sp³-hybridized carbons (Fsp3) is 0.625. The maximum absolute atomic E-state index is 12.4. The van der Waals surface area contributed by atoms with E-state index in [1.54, 1.807) is 12.1 Å². The predicted molar refractivity (Wildman–Crippen MR) is 77.3 cm³/mol.